The summed E-state index contributed by atoms with van der Waals surface area (Å²) < 4.78 is 5.56. The van der Waals surface area contributed by atoms with Crippen LogP contribution in [0.25, 0.3) is 0 Å². The van der Waals surface area contributed by atoms with Gasteiger partial charge in [0.15, 0.2) is 0 Å². The normalized spacial score (nSPS) is 24.3. The Labute approximate surface area is 211 Å². The van der Waals surface area contributed by atoms with Crippen LogP contribution in [0.1, 0.15) is 54.6 Å². The summed E-state index contributed by atoms with van der Waals surface area (Å²) in [6.45, 7) is 2.82. The molecular weight excluding hydrogens is 462 g/mol. The third-order valence-electron chi connectivity index (χ3n) is 7.35. The molecule has 2 aliphatic rings. The van der Waals surface area contributed by atoms with E-state index in [9.17, 15) is 19.8 Å². The van der Waals surface area contributed by atoms with Crippen molar-refractivity contribution >= 4 is 11.9 Å². The van der Waals surface area contributed by atoms with Crippen LogP contribution in [-0.2, 0) is 16.1 Å². The number of aliphatic hydroxyl groups excluding tert-OH is 2. The number of nitrogens with zero attached hydrogens (tertiary/aromatic N) is 5. The standard InChI is InChI=1S/C26H35N5O5/c32-22-6-14-31(24(34)21-5-12-28-19-29-21)13-2-1-7-26(25(35)36-18-23(22)33)8-15-30(16-9-26)17-20-3-10-27-11-4-20/h3-5,10-12,19,22-23,32-33H,1-2,6-9,13-18H2/t22-,23+/m0/s1. The molecule has 194 valence electrons. The predicted molar refractivity (Wildman–Crippen MR) is 131 cm³/mol. The van der Waals surface area contributed by atoms with Crippen LogP contribution in [0.4, 0.5) is 0 Å². The summed E-state index contributed by atoms with van der Waals surface area (Å²) in [5.74, 6) is -0.536. The SMILES string of the molecule is O=C(c1ccncn1)N1CCCCC2(CCN(Cc3ccncc3)CC2)C(=O)OC[C@@H](O)[C@@H](O)CC1. The monoisotopic (exact) mass is 497 g/mol. The molecule has 10 heteroatoms. The highest BCUT2D eigenvalue weighted by Gasteiger charge is 2.42. The number of amides is 1. The van der Waals surface area contributed by atoms with E-state index in [2.05, 4.69) is 19.9 Å². The molecule has 2 saturated heterocycles. The number of aromatic nitrogens is 3. The summed E-state index contributed by atoms with van der Waals surface area (Å²) in [6, 6.07) is 5.56. The van der Waals surface area contributed by atoms with Crippen molar-refractivity contribution in [2.45, 2.75) is 57.3 Å². The third kappa shape index (κ3) is 6.63. The van der Waals surface area contributed by atoms with Gasteiger partial charge in [-0.3, -0.25) is 19.5 Å². The zero-order valence-corrected chi connectivity index (χ0v) is 20.5. The molecule has 0 saturated carbocycles. The molecule has 0 unspecified atom stereocenters. The molecule has 2 aliphatic heterocycles. The highest BCUT2D eigenvalue weighted by molar-refractivity contribution is 5.92. The van der Waals surface area contributed by atoms with Gasteiger partial charge in [0.1, 0.15) is 24.7 Å². The van der Waals surface area contributed by atoms with Gasteiger partial charge in [-0.15, -0.1) is 0 Å². The van der Waals surface area contributed by atoms with Crippen LogP contribution in [0.3, 0.4) is 0 Å². The van der Waals surface area contributed by atoms with Crippen LogP contribution in [0.5, 0.6) is 0 Å². The van der Waals surface area contributed by atoms with E-state index in [1.54, 1.807) is 23.4 Å². The second kappa shape index (κ2) is 12.3. The lowest BCUT2D eigenvalue weighted by Gasteiger charge is -2.40. The second-order valence-electron chi connectivity index (χ2n) is 9.78. The lowest BCUT2D eigenvalue weighted by Crippen LogP contribution is -2.45. The second-order valence-corrected chi connectivity index (χ2v) is 9.78. The van der Waals surface area contributed by atoms with Crippen molar-refractivity contribution < 1.29 is 24.5 Å². The van der Waals surface area contributed by atoms with Gasteiger partial charge in [-0.25, -0.2) is 9.97 Å². The van der Waals surface area contributed by atoms with Gasteiger partial charge in [-0.05, 0) is 69.0 Å². The molecule has 4 heterocycles. The number of ether oxygens (including phenoxy) is 1. The maximum Gasteiger partial charge on any atom is 0.312 e. The van der Waals surface area contributed by atoms with Crippen molar-refractivity contribution in [3.8, 4) is 0 Å². The van der Waals surface area contributed by atoms with Crippen LogP contribution >= 0.6 is 0 Å². The Hall–Kier alpha value is -2.95. The van der Waals surface area contributed by atoms with Crippen molar-refractivity contribution in [2.24, 2.45) is 5.41 Å². The van der Waals surface area contributed by atoms with E-state index >= 15 is 0 Å². The molecule has 1 spiro atoms. The van der Waals surface area contributed by atoms with Crippen LogP contribution in [0.15, 0.2) is 43.1 Å². The minimum absolute atomic E-state index is 0.171. The first-order valence-corrected chi connectivity index (χ1v) is 12.7. The number of piperidine rings is 1. The molecule has 2 aromatic rings. The molecule has 2 N–H and O–H groups in total. The summed E-state index contributed by atoms with van der Waals surface area (Å²) in [5, 5.41) is 20.9. The van der Waals surface area contributed by atoms with E-state index < -0.39 is 17.6 Å². The van der Waals surface area contributed by atoms with Crippen LogP contribution < -0.4 is 0 Å². The first-order chi connectivity index (χ1) is 17.5. The maximum atomic E-state index is 13.2. The summed E-state index contributed by atoms with van der Waals surface area (Å²) in [5.41, 5.74) is 0.847. The summed E-state index contributed by atoms with van der Waals surface area (Å²) in [4.78, 5) is 42.2. The van der Waals surface area contributed by atoms with Crippen LogP contribution in [-0.4, -0.2) is 91.8 Å². The van der Waals surface area contributed by atoms with E-state index in [1.807, 2.05) is 12.1 Å². The Balaban J connectivity index is 1.43. The predicted octanol–water partition coefficient (Wildman–Crippen LogP) is 1.44. The molecule has 0 aliphatic carbocycles. The number of hydrogen-bond acceptors (Lipinski definition) is 9. The van der Waals surface area contributed by atoms with Crippen LogP contribution in [0, 0.1) is 5.41 Å². The van der Waals surface area contributed by atoms with Gasteiger partial charge in [0.2, 0.25) is 0 Å². The zero-order chi connectivity index (χ0) is 25.4. The molecule has 2 atom stereocenters. The van der Waals surface area contributed by atoms with Gasteiger partial charge < -0.3 is 19.8 Å². The first-order valence-electron chi connectivity index (χ1n) is 12.7. The topological polar surface area (TPSA) is 129 Å². The Morgan fingerprint density at radius 2 is 1.72 bits per heavy atom. The van der Waals surface area contributed by atoms with E-state index in [4.69, 9.17) is 4.74 Å². The zero-order valence-electron chi connectivity index (χ0n) is 20.5. The van der Waals surface area contributed by atoms with E-state index in [0.29, 0.717) is 37.9 Å². The number of aliphatic hydroxyl groups is 2. The minimum atomic E-state index is -1.21. The molecule has 2 aromatic heterocycles. The van der Waals surface area contributed by atoms with Gasteiger partial charge in [0.05, 0.1) is 11.5 Å². The molecular formula is C26H35N5O5. The summed E-state index contributed by atoms with van der Waals surface area (Å²) in [6.07, 6.45) is 7.73. The molecule has 4 rings (SSSR count). The number of rotatable bonds is 3. The number of carbonyl (C=O) groups excluding carboxylic acids is 2. The molecule has 36 heavy (non-hydrogen) atoms. The van der Waals surface area contributed by atoms with Crippen LogP contribution in [0.2, 0.25) is 0 Å². The van der Waals surface area contributed by atoms with Gasteiger partial charge in [0, 0.05) is 38.2 Å². The molecule has 1 amide bonds. The lowest BCUT2D eigenvalue weighted by molar-refractivity contribution is -0.165. The quantitative estimate of drug-likeness (QED) is 0.605. The van der Waals surface area contributed by atoms with E-state index in [0.717, 1.165) is 26.1 Å². The van der Waals surface area contributed by atoms with Gasteiger partial charge in [0.25, 0.3) is 5.91 Å². The van der Waals surface area contributed by atoms with E-state index in [1.165, 1.54) is 18.1 Å². The first kappa shape index (κ1) is 26.1. The maximum absolute atomic E-state index is 13.2. The molecule has 0 aromatic carbocycles. The molecule has 0 bridgehead atoms. The minimum Gasteiger partial charge on any atom is -0.462 e. The summed E-state index contributed by atoms with van der Waals surface area (Å²) in [7, 11) is 0. The van der Waals surface area contributed by atoms with Crippen molar-refractivity contribution in [1.29, 1.82) is 0 Å². The van der Waals surface area contributed by atoms with Gasteiger partial charge >= 0.3 is 5.97 Å². The number of carbonyl (C=O) groups is 2. The number of esters is 1. The van der Waals surface area contributed by atoms with Crippen molar-refractivity contribution in [3.05, 3.63) is 54.4 Å². The Kier molecular flexibility index (Phi) is 8.95. The molecule has 0 radical (unpaired) electrons. The number of cyclic esters (lactones) is 1. The summed E-state index contributed by atoms with van der Waals surface area (Å²) >= 11 is 0. The average molecular weight is 498 g/mol. The number of likely N-dealkylation sites (tertiary alicyclic amines) is 1. The fourth-order valence-electron chi connectivity index (χ4n) is 5.01. The van der Waals surface area contributed by atoms with Crippen molar-refractivity contribution in [2.75, 3.05) is 32.8 Å². The Morgan fingerprint density at radius 1 is 0.972 bits per heavy atom. The molecule has 2 fully saturated rings. The largest absolute Gasteiger partial charge is 0.462 e. The Morgan fingerprint density at radius 3 is 2.44 bits per heavy atom. The van der Waals surface area contributed by atoms with Crippen molar-refractivity contribution in [3.63, 3.8) is 0 Å². The fraction of sp³-hybridized carbons (Fsp3) is 0.577. The van der Waals surface area contributed by atoms with Gasteiger partial charge in [-0.2, -0.15) is 0 Å². The number of hydrogen-bond donors (Lipinski definition) is 2. The third-order valence-corrected chi connectivity index (χ3v) is 7.35. The van der Waals surface area contributed by atoms with Gasteiger partial charge in [-0.1, -0.05) is 6.42 Å². The highest BCUT2D eigenvalue weighted by atomic mass is 16.5. The average Bonchev–Trinajstić information content (AvgIpc) is 2.92. The lowest BCUT2D eigenvalue weighted by atomic mass is 9.74. The highest BCUT2D eigenvalue weighted by Crippen LogP contribution is 2.38. The smallest absolute Gasteiger partial charge is 0.312 e. The fourth-order valence-corrected chi connectivity index (χ4v) is 5.01. The number of pyridine rings is 1. The Bertz CT molecular complexity index is 985. The molecule has 10 nitrogen and oxygen atoms in total. The van der Waals surface area contributed by atoms with E-state index in [-0.39, 0.29) is 31.4 Å². The van der Waals surface area contributed by atoms with Crippen molar-refractivity contribution in [1.82, 2.24) is 24.8 Å².